The maximum Gasteiger partial charge on any atom is 0.154 e. The van der Waals surface area contributed by atoms with Crippen LogP contribution >= 0.6 is 22.6 Å². The molecule has 1 aliphatic heterocycles. The van der Waals surface area contributed by atoms with E-state index in [0.717, 1.165) is 27.4 Å². The van der Waals surface area contributed by atoms with Crippen molar-refractivity contribution in [3.63, 3.8) is 0 Å². The highest BCUT2D eigenvalue weighted by molar-refractivity contribution is 14.1. The van der Waals surface area contributed by atoms with Crippen LogP contribution in [0.15, 0.2) is 18.2 Å². The molecule has 0 spiro atoms. The normalized spacial score (nSPS) is 22.6. The molecule has 5 nitrogen and oxygen atoms in total. The molecule has 0 bridgehead atoms. The van der Waals surface area contributed by atoms with Gasteiger partial charge in [-0.3, -0.25) is 0 Å². The molecule has 1 saturated heterocycles. The minimum atomic E-state index is -2.93. The summed E-state index contributed by atoms with van der Waals surface area (Å²) in [6, 6.07) is 5.87. The Kier molecular flexibility index (Phi) is 3.05. The first-order chi connectivity index (χ1) is 8.56. The number of hydrogen-bond donors (Lipinski definition) is 0. The smallest absolute Gasteiger partial charge is 0.154 e. The number of fused-ring (bicyclic) bond motifs is 1. The molecular weight excluding hydrogens is 365 g/mol. The molecule has 96 valence electrons. The second-order valence-electron chi connectivity index (χ2n) is 4.54. The van der Waals surface area contributed by atoms with Gasteiger partial charge in [-0.15, -0.1) is 5.10 Å². The second kappa shape index (κ2) is 4.44. The predicted molar refractivity (Wildman–Crippen MR) is 77.1 cm³/mol. The van der Waals surface area contributed by atoms with Crippen molar-refractivity contribution >= 4 is 43.5 Å². The summed E-state index contributed by atoms with van der Waals surface area (Å²) in [5, 5.41) is 7.84. The van der Waals surface area contributed by atoms with E-state index in [4.69, 9.17) is 0 Å². The molecule has 0 amide bonds. The summed E-state index contributed by atoms with van der Waals surface area (Å²) in [6.07, 6.45) is 1.49. The van der Waals surface area contributed by atoms with Crippen LogP contribution in [0.2, 0.25) is 0 Å². The van der Waals surface area contributed by atoms with Crippen LogP contribution in [0.1, 0.15) is 12.8 Å². The number of rotatable bonds is 2. The Morgan fingerprint density at radius 2 is 2.28 bits per heavy atom. The largest absolute Gasteiger partial charge is 0.243 e. The predicted octanol–water partition coefficient (Wildman–Crippen LogP) is 1.61. The molecule has 1 fully saturated rings. The lowest BCUT2D eigenvalue weighted by Gasteiger charge is -2.09. The topological polar surface area (TPSA) is 64.8 Å². The SMILES string of the molecule is O=S1(=O)CCCC1Cn1nnc2cc(I)ccc21. The van der Waals surface area contributed by atoms with Crippen LogP contribution in [0, 0.1) is 3.57 Å². The van der Waals surface area contributed by atoms with Gasteiger partial charge in [0.25, 0.3) is 0 Å². The van der Waals surface area contributed by atoms with Gasteiger partial charge in [0.05, 0.1) is 23.1 Å². The average molecular weight is 377 g/mol. The van der Waals surface area contributed by atoms with Gasteiger partial charge in [0, 0.05) is 3.57 Å². The summed E-state index contributed by atoms with van der Waals surface area (Å²) < 4.78 is 26.4. The van der Waals surface area contributed by atoms with E-state index in [0.29, 0.717) is 12.3 Å². The van der Waals surface area contributed by atoms with E-state index in [1.807, 2.05) is 18.2 Å². The number of benzene rings is 1. The number of sulfone groups is 1. The third-order valence-corrected chi connectivity index (χ3v) is 6.24. The van der Waals surface area contributed by atoms with E-state index in [2.05, 4.69) is 32.9 Å². The maximum absolute atomic E-state index is 11.8. The van der Waals surface area contributed by atoms with Crippen molar-refractivity contribution in [3.8, 4) is 0 Å². The molecule has 18 heavy (non-hydrogen) atoms. The summed E-state index contributed by atoms with van der Waals surface area (Å²) in [4.78, 5) is 0. The van der Waals surface area contributed by atoms with E-state index < -0.39 is 9.84 Å². The fourth-order valence-electron chi connectivity index (χ4n) is 2.34. The molecule has 1 aliphatic rings. The second-order valence-corrected chi connectivity index (χ2v) is 8.18. The van der Waals surface area contributed by atoms with Gasteiger partial charge in [-0.25, -0.2) is 13.1 Å². The zero-order chi connectivity index (χ0) is 12.8. The van der Waals surface area contributed by atoms with Crippen molar-refractivity contribution < 1.29 is 8.42 Å². The standard InChI is InChI=1S/C11H12IN3O2S/c12-8-3-4-11-10(6-8)13-14-15(11)7-9-2-1-5-18(9,16)17/h3-4,6,9H,1-2,5,7H2. The third-order valence-electron chi connectivity index (χ3n) is 3.32. The first kappa shape index (κ1) is 12.3. The van der Waals surface area contributed by atoms with E-state index >= 15 is 0 Å². The van der Waals surface area contributed by atoms with Crippen molar-refractivity contribution in [2.24, 2.45) is 0 Å². The highest BCUT2D eigenvalue weighted by Gasteiger charge is 2.32. The molecule has 1 unspecified atom stereocenters. The molecule has 0 saturated carbocycles. The summed E-state index contributed by atoms with van der Waals surface area (Å²) in [5.74, 6) is 0.308. The average Bonchev–Trinajstić information content (AvgIpc) is 2.84. The van der Waals surface area contributed by atoms with Gasteiger partial charge in [-0.1, -0.05) is 5.21 Å². The zero-order valence-corrected chi connectivity index (χ0v) is 12.6. The van der Waals surface area contributed by atoms with Crippen LogP contribution in [0.25, 0.3) is 11.0 Å². The molecule has 0 radical (unpaired) electrons. The molecule has 2 aromatic rings. The van der Waals surface area contributed by atoms with E-state index in [1.165, 1.54) is 0 Å². The number of hydrogen-bond acceptors (Lipinski definition) is 4. The Morgan fingerprint density at radius 1 is 1.44 bits per heavy atom. The zero-order valence-electron chi connectivity index (χ0n) is 9.58. The number of nitrogens with zero attached hydrogens (tertiary/aromatic N) is 3. The summed E-state index contributed by atoms with van der Waals surface area (Å²) in [6.45, 7) is 0.416. The van der Waals surface area contributed by atoms with Gasteiger partial charge in [0.15, 0.2) is 9.84 Å². The van der Waals surface area contributed by atoms with Crippen LogP contribution < -0.4 is 0 Å². The van der Waals surface area contributed by atoms with Gasteiger partial charge in [0.1, 0.15) is 5.52 Å². The molecular formula is C11H12IN3O2S. The molecule has 2 heterocycles. The summed E-state index contributed by atoms with van der Waals surface area (Å²) >= 11 is 2.22. The van der Waals surface area contributed by atoms with E-state index in [1.54, 1.807) is 4.68 Å². The van der Waals surface area contributed by atoms with Crippen molar-refractivity contribution in [1.82, 2.24) is 15.0 Å². The first-order valence-corrected chi connectivity index (χ1v) is 8.56. The van der Waals surface area contributed by atoms with Crippen LogP contribution in [-0.2, 0) is 16.4 Å². The molecule has 3 rings (SSSR count). The Bertz CT molecular complexity index is 695. The van der Waals surface area contributed by atoms with Gasteiger partial charge >= 0.3 is 0 Å². The van der Waals surface area contributed by atoms with Crippen LogP contribution in [0.5, 0.6) is 0 Å². The number of halogens is 1. The Morgan fingerprint density at radius 3 is 3.00 bits per heavy atom. The molecule has 0 aliphatic carbocycles. The summed E-state index contributed by atoms with van der Waals surface area (Å²) in [7, 11) is -2.93. The van der Waals surface area contributed by atoms with Crippen LogP contribution in [0.4, 0.5) is 0 Å². The lowest BCUT2D eigenvalue weighted by atomic mass is 10.2. The van der Waals surface area contributed by atoms with Crippen LogP contribution in [0.3, 0.4) is 0 Å². The highest BCUT2D eigenvalue weighted by atomic mass is 127. The lowest BCUT2D eigenvalue weighted by molar-refractivity contribution is 0.540. The highest BCUT2D eigenvalue weighted by Crippen LogP contribution is 2.23. The van der Waals surface area contributed by atoms with Gasteiger partial charge < -0.3 is 0 Å². The van der Waals surface area contributed by atoms with Crippen LogP contribution in [-0.4, -0.2) is 34.4 Å². The summed E-state index contributed by atoms with van der Waals surface area (Å²) in [5.41, 5.74) is 1.72. The quantitative estimate of drug-likeness (QED) is 0.747. The Hall–Kier alpha value is -0.700. The van der Waals surface area contributed by atoms with E-state index in [-0.39, 0.29) is 5.25 Å². The van der Waals surface area contributed by atoms with Gasteiger partial charge in [-0.05, 0) is 53.6 Å². The molecule has 1 atom stereocenters. The fraction of sp³-hybridized carbons (Fsp3) is 0.455. The minimum Gasteiger partial charge on any atom is -0.243 e. The lowest BCUT2D eigenvalue weighted by Crippen LogP contribution is -2.22. The number of aromatic nitrogens is 3. The van der Waals surface area contributed by atoms with E-state index in [9.17, 15) is 8.42 Å². The monoisotopic (exact) mass is 377 g/mol. The molecule has 0 N–H and O–H groups in total. The van der Waals surface area contributed by atoms with Crippen molar-refractivity contribution in [2.75, 3.05) is 5.75 Å². The Labute approximate surface area is 119 Å². The molecule has 1 aromatic heterocycles. The van der Waals surface area contributed by atoms with Crippen molar-refractivity contribution in [3.05, 3.63) is 21.8 Å². The first-order valence-electron chi connectivity index (χ1n) is 5.76. The van der Waals surface area contributed by atoms with Gasteiger partial charge in [-0.2, -0.15) is 0 Å². The fourth-order valence-corrected chi connectivity index (χ4v) is 4.61. The minimum absolute atomic E-state index is 0.304. The Balaban J connectivity index is 1.96. The third kappa shape index (κ3) is 2.13. The molecule has 7 heteroatoms. The molecule has 1 aromatic carbocycles. The van der Waals surface area contributed by atoms with Crippen molar-refractivity contribution in [2.45, 2.75) is 24.6 Å². The van der Waals surface area contributed by atoms with Crippen molar-refractivity contribution in [1.29, 1.82) is 0 Å². The maximum atomic E-state index is 11.8. The van der Waals surface area contributed by atoms with Gasteiger partial charge in [0.2, 0.25) is 0 Å².